The summed E-state index contributed by atoms with van der Waals surface area (Å²) in [5, 5.41) is 18.8. The van der Waals surface area contributed by atoms with Gasteiger partial charge in [-0.1, -0.05) is 13.8 Å². The topological polar surface area (TPSA) is 64.0 Å². The molecule has 0 unspecified atom stereocenters. The van der Waals surface area contributed by atoms with E-state index in [0.717, 1.165) is 13.1 Å². The Labute approximate surface area is 121 Å². The van der Waals surface area contributed by atoms with Crippen LogP contribution in [-0.4, -0.2) is 70.9 Å². The van der Waals surface area contributed by atoms with Gasteiger partial charge in [-0.05, 0) is 24.7 Å². The molecule has 1 amide bonds. The highest BCUT2D eigenvalue weighted by Gasteiger charge is 2.36. The predicted molar refractivity (Wildman–Crippen MR) is 77.2 cm³/mol. The summed E-state index contributed by atoms with van der Waals surface area (Å²) in [7, 11) is 0. The summed E-state index contributed by atoms with van der Waals surface area (Å²) < 4.78 is 0. The molecule has 0 bridgehead atoms. The molecule has 5 nitrogen and oxygen atoms in total. The van der Waals surface area contributed by atoms with E-state index in [2.05, 4.69) is 23.6 Å². The number of hydrogen-bond acceptors (Lipinski definition) is 4. The van der Waals surface area contributed by atoms with Crippen LogP contribution in [0.2, 0.25) is 0 Å². The standard InChI is InChI=1S/C15H28N2O3/c1-11(2)14-8-16(13(9-18)10-19)6-5-15(20)17(14)7-12-3-4-12/h11-14,18-19H,3-10H2,1-2H3/t14-/m1/s1. The monoisotopic (exact) mass is 284 g/mol. The molecule has 20 heavy (non-hydrogen) atoms. The molecule has 2 rings (SSSR count). The van der Waals surface area contributed by atoms with E-state index in [4.69, 9.17) is 0 Å². The fraction of sp³-hybridized carbons (Fsp3) is 0.933. The lowest BCUT2D eigenvalue weighted by atomic mass is 10.0. The second-order valence-corrected chi connectivity index (χ2v) is 6.56. The molecule has 2 fully saturated rings. The molecule has 2 N–H and O–H groups in total. The molecule has 0 aromatic heterocycles. The van der Waals surface area contributed by atoms with Gasteiger partial charge < -0.3 is 15.1 Å². The zero-order valence-corrected chi connectivity index (χ0v) is 12.7. The summed E-state index contributed by atoms with van der Waals surface area (Å²) in [6, 6.07) is -0.0591. The van der Waals surface area contributed by atoms with Gasteiger partial charge in [0.2, 0.25) is 5.91 Å². The Morgan fingerprint density at radius 2 is 1.90 bits per heavy atom. The molecule has 116 valence electrons. The fourth-order valence-corrected chi connectivity index (χ4v) is 3.00. The molecular formula is C15H28N2O3. The Morgan fingerprint density at radius 3 is 2.40 bits per heavy atom. The highest BCUT2D eigenvalue weighted by atomic mass is 16.3. The van der Waals surface area contributed by atoms with E-state index in [9.17, 15) is 15.0 Å². The van der Waals surface area contributed by atoms with E-state index in [0.29, 0.717) is 24.8 Å². The zero-order valence-electron chi connectivity index (χ0n) is 12.7. The number of carbonyl (C=O) groups excluding carboxylic acids is 1. The molecule has 1 saturated heterocycles. The van der Waals surface area contributed by atoms with Crippen molar-refractivity contribution in [3.63, 3.8) is 0 Å². The lowest BCUT2D eigenvalue weighted by Crippen LogP contribution is -2.50. The van der Waals surface area contributed by atoms with Crippen molar-refractivity contribution in [1.29, 1.82) is 0 Å². The van der Waals surface area contributed by atoms with Crippen LogP contribution in [0.4, 0.5) is 0 Å². The fourth-order valence-electron chi connectivity index (χ4n) is 3.00. The molecule has 0 aromatic carbocycles. The lowest BCUT2D eigenvalue weighted by molar-refractivity contribution is -0.133. The first-order valence-electron chi connectivity index (χ1n) is 7.82. The minimum Gasteiger partial charge on any atom is -0.395 e. The number of rotatable bonds is 6. The normalized spacial score (nSPS) is 25.6. The largest absolute Gasteiger partial charge is 0.395 e. The number of hydrogen-bond donors (Lipinski definition) is 2. The molecule has 1 aliphatic carbocycles. The maximum Gasteiger partial charge on any atom is 0.224 e. The number of aliphatic hydroxyl groups is 2. The van der Waals surface area contributed by atoms with E-state index in [1.54, 1.807) is 0 Å². The van der Waals surface area contributed by atoms with Crippen molar-refractivity contribution in [3.05, 3.63) is 0 Å². The van der Waals surface area contributed by atoms with Crippen LogP contribution in [0.3, 0.4) is 0 Å². The summed E-state index contributed by atoms with van der Waals surface area (Å²) in [4.78, 5) is 16.6. The van der Waals surface area contributed by atoms with Crippen LogP contribution < -0.4 is 0 Å². The van der Waals surface area contributed by atoms with Crippen molar-refractivity contribution < 1.29 is 15.0 Å². The van der Waals surface area contributed by atoms with E-state index < -0.39 is 0 Å². The predicted octanol–water partition coefficient (Wildman–Crippen LogP) is 0.309. The third kappa shape index (κ3) is 3.71. The number of carbonyl (C=O) groups is 1. The smallest absolute Gasteiger partial charge is 0.224 e. The van der Waals surface area contributed by atoms with E-state index in [1.807, 2.05) is 0 Å². The van der Waals surface area contributed by atoms with Gasteiger partial charge in [0.1, 0.15) is 0 Å². The van der Waals surface area contributed by atoms with Crippen LogP contribution >= 0.6 is 0 Å². The number of aliphatic hydroxyl groups excluding tert-OH is 2. The third-order valence-corrected chi connectivity index (χ3v) is 4.61. The first kappa shape index (κ1) is 15.7. The summed E-state index contributed by atoms with van der Waals surface area (Å²) >= 11 is 0. The molecule has 1 atom stereocenters. The second kappa shape index (κ2) is 6.87. The number of amides is 1. The SMILES string of the molecule is CC(C)[C@H]1CN(C(CO)CO)CCC(=O)N1CC1CC1. The molecule has 0 aromatic rings. The molecule has 0 spiro atoms. The van der Waals surface area contributed by atoms with Gasteiger partial charge in [-0.2, -0.15) is 0 Å². The number of nitrogens with zero attached hydrogens (tertiary/aromatic N) is 2. The van der Waals surface area contributed by atoms with Gasteiger partial charge in [0.15, 0.2) is 0 Å². The minimum atomic E-state index is -0.245. The van der Waals surface area contributed by atoms with E-state index >= 15 is 0 Å². The van der Waals surface area contributed by atoms with Crippen LogP contribution in [-0.2, 0) is 4.79 Å². The maximum absolute atomic E-state index is 12.4. The molecule has 1 saturated carbocycles. The van der Waals surface area contributed by atoms with E-state index in [1.165, 1.54) is 12.8 Å². The van der Waals surface area contributed by atoms with Gasteiger partial charge >= 0.3 is 0 Å². The van der Waals surface area contributed by atoms with Crippen LogP contribution in [0.5, 0.6) is 0 Å². The average Bonchev–Trinajstić information content (AvgIpc) is 3.23. The molecule has 0 radical (unpaired) electrons. The highest BCUT2D eigenvalue weighted by molar-refractivity contribution is 5.77. The zero-order chi connectivity index (χ0) is 14.7. The van der Waals surface area contributed by atoms with Gasteiger partial charge in [-0.25, -0.2) is 0 Å². The first-order chi connectivity index (χ1) is 9.56. The Balaban J connectivity index is 2.10. The molecule has 5 heteroatoms. The quantitative estimate of drug-likeness (QED) is 0.737. The van der Waals surface area contributed by atoms with Crippen molar-refractivity contribution in [1.82, 2.24) is 9.80 Å². The van der Waals surface area contributed by atoms with Crippen molar-refractivity contribution in [3.8, 4) is 0 Å². The third-order valence-electron chi connectivity index (χ3n) is 4.61. The van der Waals surface area contributed by atoms with Crippen LogP contribution in [0.15, 0.2) is 0 Å². The van der Waals surface area contributed by atoms with Crippen molar-refractivity contribution in [2.24, 2.45) is 11.8 Å². The second-order valence-electron chi connectivity index (χ2n) is 6.56. The van der Waals surface area contributed by atoms with Gasteiger partial charge in [0, 0.05) is 32.1 Å². The van der Waals surface area contributed by atoms with Crippen LogP contribution in [0.25, 0.3) is 0 Å². The first-order valence-corrected chi connectivity index (χ1v) is 7.82. The summed E-state index contributed by atoms with van der Waals surface area (Å²) in [5.41, 5.74) is 0. The van der Waals surface area contributed by atoms with Gasteiger partial charge in [-0.3, -0.25) is 9.69 Å². The maximum atomic E-state index is 12.4. The average molecular weight is 284 g/mol. The molecule has 1 heterocycles. The summed E-state index contributed by atoms with van der Waals surface area (Å²) in [6.45, 7) is 6.45. The summed E-state index contributed by atoms with van der Waals surface area (Å²) in [6.07, 6.45) is 2.98. The Morgan fingerprint density at radius 1 is 1.25 bits per heavy atom. The van der Waals surface area contributed by atoms with Crippen molar-refractivity contribution in [2.75, 3.05) is 32.8 Å². The van der Waals surface area contributed by atoms with Crippen LogP contribution in [0.1, 0.15) is 33.1 Å². The Hall–Kier alpha value is -0.650. The lowest BCUT2D eigenvalue weighted by Gasteiger charge is -2.36. The van der Waals surface area contributed by atoms with Crippen LogP contribution in [0, 0.1) is 11.8 Å². The summed E-state index contributed by atoms with van der Waals surface area (Å²) in [5.74, 6) is 1.31. The molecular weight excluding hydrogens is 256 g/mol. The minimum absolute atomic E-state index is 0.0574. The van der Waals surface area contributed by atoms with Gasteiger partial charge in [0.05, 0.1) is 19.3 Å². The Bertz CT molecular complexity index is 327. The Kier molecular flexibility index (Phi) is 5.41. The van der Waals surface area contributed by atoms with E-state index in [-0.39, 0.29) is 31.2 Å². The van der Waals surface area contributed by atoms with Crippen molar-refractivity contribution in [2.45, 2.75) is 45.2 Å². The van der Waals surface area contributed by atoms with Gasteiger partial charge in [0.25, 0.3) is 0 Å². The van der Waals surface area contributed by atoms with Gasteiger partial charge in [-0.15, -0.1) is 0 Å². The molecule has 1 aliphatic heterocycles. The molecule has 2 aliphatic rings. The van der Waals surface area contributed by atoms with Crippen molar-refractivity contribution >= 4 is 5.91 Å². The highest BCUT2D eigenvalue weighted by Crippen LogP contribution is 2.32.